The maximum absolute atomic E-state index is 11.9. The molecule has 1 saturated heterocycles. The quantitative estimate of drug-likeness (QED) is 0.835. The molecule has 2 unspecified atom stereocenters. The van der Waals surface area contributed by atoms with Crippen molar-refractivity contribution in [2.24, 2.45) is 0 Å². The van der Waals surface area contributed by atoms with Gasteiger partial charge in [-0.05, 0) is 32.6 Å². The molecule has 1 amide bonds. The number of carbonyl (C=O) groups is 1. The zero-order valence-electron chi connectivity index (χ0n) is 10.9. The molecular weight excluding hydrogens is 263 g/mol. The molecule has 112 valence electrons. The maximum Gasteiger partial charge on any atom is 0.411 e. The minimum absolute atomic E-state index is 0.101. The SMILES string of the molecule is CC(O)CC1CCCCN1C(=O)COCC(F)(F)F. The molecule has 1 N–H and O–H groups in total. The highest BCUT2D eigenvalue weighted by molar-refractivity contribution is 5.77. The lowest BCUT2D eigenvalue weighted by molar-refractivity contribution is -0.178. The number of rotatable bonds is 5. The van der Waals surface area contributed by atoms with Crippen LogP contribution in [0.3, 0.4) is 0 Å². The fourth-order valence-electron chi connectivity index (χ4n) is 2.30. The number of aliphatic hydroxyl groups excluding tert-OH is 1. The van der Waals surface area contributed by atoms with E-state index in [9.17, 15) is 23.1 Å². The number of amides is 1. The number of carbonyl (C=O) groups excluding carboxylic acids is 1. The summed E-state index contributed by atoms with van der Waals surface area (Å²) < 4.78 is 40.1. The van der Waals surface area contributed by atoms with Gasteiger partial charge in [0, 0.05) is 12.6 Å². The van der Waals surface area contributed by atoms with Crippen LogP contribution in [0.5, 0.6) is 0 Å². The Bertz CT molecular complexity index is 294. The van der Waals surface area contributed by atoms with Crippen LogP contribution in [-0.2, 0) is 9.53 Å². The lowest BCUT2D eigenvalue weighted by atomic mass is 9.97. The predicted octanol–water partition coefficient (Wildman–Crippen LogP) is 1.72. The molecule has 1 fully saturated rings. The number of piperidine rings is 1. The van der Waals surface area contributed by atoms with E-state index in [2.05, 4.69) is 4.74 Å². The molecule has 0 aromatic rings. The highest BCUT2D eigenvalue weighted by atomic mass is 19.4. The van der Waals surface area contributed by atoms with E-state index in [1.807, 2.05) is 0 Å². The van der Waals surface area contributed by atoms with Crippen LogP contribution in [0.25, 0.3) is 0 Å². The first kappa shape index (κ1) is 16.2. The molecule has 0 saturated carbocycles. The zero-order chi connectivity index (χ0) is 14.5. The third-order valence-electron chi connectivity index (χ3n) is 3.05. The molecule has 0 aromatic carbocycles. The number of nitrogens with zero attached hydrogens (tertiary/aromatic N) is 1. The Morgan fingerprint density at radius 3 is 2.74 bits per heavy atom. The maximum atomic E-state index is 11.9. The number of alkyl halides is 3. The van der Waals surface area contributed by atoms with Crippen molar-refractivity contribution >= 4 is 5.91 Å². The van der Waals surface area contributed by atoms with Crippen LogP contribution in [0.2, 0.25) is 0 Å². The second-order valence-electron chi connectivity index (χ2n) is 4.93. The van der Waals surface area contributed by atoms with Crippen molar-refractivity contribution in [3.8, 4) is 0 Å². The predicted molar refractivity (Wildman–Crippen MR) is 62.5 cm³/mol. The Morgan fingerprint density at radius 1 is 1.47 bits per heavy atom. The summed E-state index contributed by atoms with van der Waals surface area (Å²) in [6.45, 7) is 0.187. The van der Waals surface area contributed by atoms with Gasteiger partial charge in [0.15, 0.2) is 0 Å². The van der Waals surface area contributed by atoms with Crippen molar-refractivity contribution in [1.29, 1.82) is 0 Å². The molecule has 0 aromatic heterocycles. The van der Waals surface area contributed by atoms with Crippen LogP contribution < -0.4 is 0 Å². The largest absolute Gasteiger partial charge is 0.411 e. The van der Waals surface area contributed by atoms with E-state index in [-0.39, 0.29) is 6.04 Å². The Kier molecular flexibility index (Phi) is 6.06. The lowest BCUT2D eigenvalue weighted by Gasteiger charge is -2.36. The van der Waals surface area contributed by atoms with Gasteiger partial charge in [0.25, 0.3) is 0 Å². The van der Waals surface area contributed by atoms with E-state index in [0.717, 1.165) is 19.3 Å². The van der Waals surface area contributed by atoms with E-state index in [1.54, 1.807) is 6.92 Å². The number of hydrogen-bond donors (Lipinski definition) is 1. The fourth-order valence-corrected chi connectivity index (χ4v) is 2.30. The summed E-state index contributed by atoms with van der Waals surface area (Å²) in [5.41, 5.74) is 0. The van der Waals surface area contributed by atoms with Gasteiger partial charge in [0.2, 0.25) is 5.91 Å². The normalized spacial score (nSPS) is 22.4. The average molecular weight is 283 g/mol. The molecule has 0 radical (unpaired) electrons. The van der Waals surface area contributed by atoms with Gasteiger partial charge in [-0.15, -0.1) is 0 Å². The second kappa shape index (κ2) is 7.09. The van der Waals surface area contributed by atoms with Gasteiger partial charge in [-0.25, -0.2) is 0 Å². The molecule has 1 aliphatic rings. The number of aliphatic hydroxyl groups is 1. The van der Waals surface area contributed by atoms with Crippen LogP contribution in [-0.4, -0.2) is 54.0 Å². The van der Waals surface area contributed by atoms with Crippen molar-refractivity contribution in [2.45, 2.75) is 50.9 Å². The number of ether oxygens (including phenoxy) is 1. The monoisotopic (exact) mass is 283 g/mol. The lowest BCUT2D eigenvalue weighted by Crippen LogP contribution is -2.46. The van der Waals surface area contributed by atoms with Gasteiger partial charge in [-0.1, -0.05) is 0 Å². The fraction of sp³-hybridized carbons (Fsp3) is 0.917. The smallest absolute Gasteiger partial charge is 0.393 e. The minimum Gasteiger partial charge on any atom is -0.393 e. The number of halogens is 3. The van der Waals surface area contributed by atoms with Crippen LogP contribution >= 0.6 is 0 Å². The molecule has 1 heterocycles. The van der Waals surface area contributed by atoms with Crippen LogP contribution in [0.4, 0.5) is 13.2 Å². The zero-order valence-corrected chi connectivity index (χ0v) is 10.9. The minimum atomic E-state index is -4.42. The summed E-state index contributed by atoms with van der Waals surface area (Å²) in [5, 5.41) is 9.37. The van der Waals surface area contributed by atoms with Crippen molar-refractivity contribution in [2.75, 3.05) is 19.8 Å². The molecule has 7 heteroatoms. The van der Waals surface area contributed by atoms with Gasteiger partial charge in [0.05, 0.1) is 6.10 Å². The molecule has 1 aliphatic heterocycles. The van der Waals surface area contributed by atoms with Crippen molar-refractivity contribution < 1.29 is 27.8 Å². The summed E-state index contributed by atoms with van der Waals surface area (Å²) in [6.07, 6.45) is -1.93. The van der Waals surface area contributed by atoms with E-state index >= 15 is 0 Å². The highest BCUT2D eigenvalue weighted by Gasteiger charge is 2.30. The van der Waals surface area contributed by atoms with Gasteiger partial charge in [0.1, 0.15) is 13.2 Å². The van der Waals surface area contributed by atoms with Gasteiger partial charge >= 0.3 is 6.18 Å². The third kappa shape index (κ3) is 6.24. The van der Waals surface area contributed by atoms with Crippen molar-refractivity contribution in [3.63, 3.8) is 0 Å². The molecule has 4 nitrogen and oxygen atoms in total. The third-order valence-corrected chi connectivity index (χ3v) is 3.05. The Hall–Kier alpha value is -0.820. The molecule has 2 atom stereocenters. The molecule has 0 aliphatic carbocycles. The second-order valence-corrected chi connectivity index (χ2v) is 4.93. The first-order chi connectivity index (χ1) is 8.79. The van der Waals surface area contributed by atoms with Crippen LogP contribution in [0.15, 0.2) is 0 Å². The standard InChI is InChI=1S/C12H20F3NO3/c1-9(17)6-10-4-2-3-5-16(10)11(18)7-19-8-12(13,14)15/h9-10,17H,2-8H2,1H3. The molecule has 1 rings (SSSR count). The van der Waals surface area contributed by atoms with Crippen LogP contribution in [0, 0.1) is 0 Å². The first-order valence-electron chi connectivity index (χ1n) is 6.41. The Morgan fingerprint density at radius 2 is 2.16 bits per heavy atom. The summed E-state index contributed by atoms with van der Waals surface area (Å²) in [7, 11) is 0. The summed E-state index contributed by atoms with van der Waals surface area (Å²) in [4.78, 5) is 13.4. The van der Waals surface area contributed by atoms with E-state index in [0.29, 0.717) is 13.0 Å². The topological polar surface area (TPSA) is 49.8 Å². The number of hydrogen-bond acceptors (Lipinski definition) is 3. The van der Waals surface area contributed by atoms with Gasteiger partial charge < -0.3 is 14.7 Å². The molecule has 19 heavy (non-hydrogen) atoms. The Balaban J connectivity index is 2.43. The van der Waals surface area contributed by atoms with Gasteiger partial charge in [-0.2, -0.15) is 13.2 Å². The molecular formula is C12H20F3NO3. The van der Waals surface area contributed by atoms with Crippen molar-refractivity contribution in [1.82, 2.24) is 4.90 Å². The first-order valence-corrected chi connectivity index (χ1v) is 6.41. The van der Waals surface area contributed by atoms with E-state index in [4.69, 9.17) is 0 Å². The molecule has 0 spiro atoms. The van der Waals surface area contributed by atoms with Gasteiger partial charge in [-0.3, -0.25) is 4.79 Å². The van der Waals surface area contributed by atoms with E-state index in [1.165, 1.54) is 4.90 Å². The summed E-state index contributed by atoms with van der Waals surface area (Å²) in [6, 6.07) is -0.101. The summed E-state index contributed by atoms with van der Waals surface area (Å²) >= 11 is 0. The molecule has 0 bridgehead atoms. The number of likely N-dealkylation sites (tertiary alicyclic amines) is 1. The summed E-state index contributed by atoms with van der Waals surface area (Å²) in [5.74, 6) is -0.436. The average Bonchev–Trinajstić information content (AvgIpc) is 2.27. The van der Waals surface area contributed by atoms with E-state index < -0.39 is 31.4 Å². The highest BCUT2D eigenvalue weighted by Crippen LogP contribution is 2.21. The van der Waals surface area contributed by atoms with Crippen molar-refractivity contribution in [3.05, 3.63) is 0 Å². The Labute approximate surface area is 110 Å². The van der Waals surface area contributed by atoms with Crippen LogP contribution in [0.1, 0.15) is 32.6 Å².